The Kier molecular flexibility index (Phi) is 37.7. The minimum absolute atomic E-state index is 0.214. The second-order valence-electron chi connectivity index (χ2n) is 9.14. The van der Waals surface area contributed by atoms with Gasteiger partial charge in [-0.05, 0) is 82.9 Å². The molecule has 300 valence electrons. The molecule has 0 aliphatic heterocycles. The van der Waals surface area contributed by atoms with Crippen molar-refractivity contribution in [3.05, 3.63) is 150 Å². The monoisotopic (exact) mass is 758 g/mol. The SMILES string of the molecule is CC.CC.CC.CC.CC.CC(=O)O.O=C(O)c1ccc(-c2ccc(O)cc2)cc1.O=C(O)c1ccc(/C=C/c2ccc(O)cc2)cc1.Oc1ccccc1. The molecule has 5 rings (SSSR count). The number of aromatic carboxylic acids is 2. The molecule has 0 fully saturated rings. The summed E-state index contributed by atoms with van der Waals surface area (Å²) in [4.78, 5) is 30.3. The molecule has 0 aliphatic carbocycles. The highest BCUT2D eigenvalue weighted by molar-refractivity contribution is 5.88. The smallest absolute Gasteiger partial charge is 0.335 e. The second-order valence-corrected chi connectivity index (χ2v) is 9.14. The lowest BCUT2D eigenvalue weighted by Gasteiger charge is -2.02. The largest absolute Gasteiger partial charge is 0.508 e. The van der Waals surface area contributed by atoms with Gasteiger partial charge in [0.1, 0.15) is 17.2 Å². The van der Waals surface area contributed by atoms with Crippen LogP contribution in [0.3, 0.4) is 0 Å². The number of aromatic hydroxyl groups is 3. The minimum Gasteiger partial charge on any atom is -0.508 e. The summed E-state index contributed by atoms with van der Waals surface area (Å²) in [5.41, 5.74) is 4.29. The molecule has 0 amide bonds. The predicted octanol–water partition coefficient (Wildman–Crippen LogP) is 12.6. The van der Waals surface area contributed by atoms with Gasteiger partial charge in [0.15, 0.2) is 0 Å². The molecule has 0 aliphatic rings. The van der Waals surface area contributed by atoms with Gasteiger partial charge in [0.05, 0.1) is 11.1 Å². The average molecular weight is 759 g/mol. The van der Waals surface area contributed by atoms with Crippen molar-refractivity contribution in [3.63, 3.8) is 0 Å². The predicted molar refractivity (Wildman–Crippen MR) is 229 cm³/mol. The topological polar surface area (TPSA) is 173 Å². The molecule has 0 saturated carbocycles. The number of carboxylic acid groups (broad SMARTS) is 3. The molecule has 0 bridgehead atoms. The minimum atomic E-state index is -0.933. The van der Waals surface area contributed by atoms with Gasteiger partial charge in [-0.2, -0.15) is 0 Å². The Morgan fingerprint density at radius 1 is 0.382 bits per heavy atom. The van der Waals surface area contributed by atoms with Crippen LogP contribution in [0, 0.1) is 0 Å². The Hall–Kier alpha value is -6.35. The molecular weight excluding hydrogens is 696 g/mol. The Morgan fingerprint density at radius 3 is 0.891 bits per heavy atom. The fourth-order valence-corrected chi connectivity index (χ4v) is 3.40. The van der Waals surface area contributed by atoms with E-state index >= 15 is 0 Å². The number of carbonyl (C=O) groups is 3. The lowest BCUT2D eigenvalue weighted by atomic mass is 10.0. The molecule has 5 aromatic carbocycles. The van der Waals surface area contributed by atoms with Crippen LogP contribution in [0.4, 0.5) is 0 Å². The zero-order valence-corrected chi connectivity index (χ0v) is 34.2. The lowest BCUT2D eigenvalue weighted by Crippen LogP contribution is -1.94. The van der Waals surface area contributed by atoms with Crippen LogP contribution in [0.25, 0.3) is 23.3 Å². The Bertz CT molecular complexity index is 1660. The third-order valence-corrected chi connectivity index (χ3v) is 5.61. The molecule has 0 aromatic heterocycles. The number of benzene rings is 5. The first-order chi connectivity index (χ1) is 26.4. The maximum absolute atomic E-state index is 10.7. The highest BCUT2D eigenvalue weighted by Gasteiger charge is 2.03. The molecule has 0 spiro atoms. The van der Waals surface area contributed by atoms with Crippen LogP contribution in [0.15, 0.2) is 127 Å². The molecule has 0 saturated heterocycles. The van der Waals surface area contributed by atoms with Crippen molar-refractivity contribution in [2.24, 2.45) is 0 Å². The Labute approximate surface area is 328 Å². The van der Waals surface area contributed by atoms with Gasteiger partial charge in [-0.3, -0.25) is 4.79 Å². The van der Waals surface area contributed by atoms with Crippen molar-refractivity contribution >= 4 is 30.1 Å². The molecule has 0 atom stereocenters. The second kappa shape index (κ2) is 37.4. The van der Waals surface area contributed by atoms with E-state index in [4.69, 9.17) is 35.4 Å². The first-order valence-corrected chi connectivity index (χ1v) is 18.3. The van der Waals surface area contributed by atoms with Crippen LogP contribution < -0.4 is 0 Å². The number of aliphatic carboxylic acids is 1. The molecule has 0 unspecified atom stereocenters. The van der Waals surface area contributed by atoms with Crippen molar-refractivity contribution in [1.82, 2.24) is 0 Å². The van der Waals surface area contributed by atoms with Gasteiger partial charge >= 0.3 is 11.9 Å². The van der Waals surface area contributed by atoms with E-state index in [-0.39, 0.29) is 22.6 Å². The summed E-state index contributed by atoms with van der Waals surface area (Å²) in [6, 6.07) is 35.6. The van der Waals surface area contributed by atoms with E-state index in [1.54, 1.807) is 121 Å². The summed E-state index contributed by atoms with van der Waals surface area (Å²) in [6.07, 6.45) is 3.78. The maximum Gasteiger partial charge on any atom is 0.335 e. The van der Waals surface area contributed by atoms with Crippen LogP contribution in [0.1, 0.15) is 108 Å². The van der Waals surface area contributed by atoms with Crippen molar-refractivity contribution in [1.29, 1.82) is 0 Å². The molecule has 55 heavy (non-hydrogen) atoms. The van der Waals surface area contributed by atoms with Gasteiger partial charge < -0.3 is 30.6 Å². The number of hydrogen-bond acceptors (Lipinski definition) is 6. The lowest BCUT2D eigenvalue weighted by molar-refractivity contribution is -0.134. The normalized spacial score (nSPS) is 8.49. The van der Waals surface area contributed by atoms with E-state index in [2.05, 4.69) is 0 Å². The average Bonchev–Trinajstić information content (AvgIpc) is 3.22. The number of carboxylic acids is 3. The summed E-state index contributed by atoms with van der Waals surface area (Å²) in [5.74, 6) is -1.92. The van der Waals surface area contributed by atoms with Gasteiger partial charge in [0, 0.05) is 6.92 Å². The number of rotatable bonds is 5. The summed E-state index contributed by atoms with van der Waals surface area (Å²) in [6.45, 7) is 21.1. The summed E-state index contributed by atoms with van der Waals surface area (Å²) in [5, 5.41) is 51.9. The van der Waals surface area contributed by atoms with E-state index in [9.17, 15) is 9.59 Å². The van der Waals surface area contributed by atoms with Crippen LogP contribution in [0.5, 0.6) is 17.2 Å². The van der Waals surface area contributed by atoms with Crippen molar-refractivity contribution in [2.45, 2.75) is 76.2 Å². The van der Waals surface area contributed by atoms with Crippen LogP contribution >= 0.6 is 0 Å². The third-order valence-electron chi connectivity index (χ3n) is 5.61. The van der Waals surface area contributed by atoms with Crippen molar-refractivity contribution < 1.29 is 45.0 Å². The standard InChI is InChI=1S/C15H12O3.C13H10O3.C6H6O.C2H4O2.5C2H6/c16-14-9-5-12(6-10-14)2-1-11-3-7-13(8-4-11)15(17)18;14-12-7-5-10(6-8-12)9-1-3-11(4-2-9)13(15)16;7-6-4-2-1-3-5-6;1-2(3)4;5*1-2/h1-10,16H,(H,17,18);1-8,14H,(H,15,16);1-5,7H;1H3,(H,3,4);5*1-2H3/b2-1+;;;;;;;;. The molecule has 9 heteroatoms. The van der Waals surface area contributed by atoms with E-state index in [1.165, 1.54) is 0 Å². The Morgan fingerprint density at radius 2 is 0.618 bits per heavy atom. The molecule has 9 nitrogen and oxygen atoms in total. The van der Waals surface area contributed by atoms with Crippen molar-refractivity contribution in [2.75, 3.05) is 0 Å². The van der Waals surface area contributed by atoms with Crippen molar-refractivity contribution in [3.8, 4) is 28.4 Å². The van der Waals surface area contributed by atoms with E-state index in [1.807, 2.05) is 87.5 Å². The number of hydrogen-bond donors (Lipinski definition) is 6. The maximum atomic E-state index is 10.7. The summed E-state index contributed by atoms with van der Waals surface area (Å²) < 4.78 is 0. The summed E-state index contributed by atoms with van der Waals surface area (Å²) >= 11 is 0. The molecule has 5 aromatic rings. The van der Waals surface area contributed by atoms with Gasteiger partial charge in [-0.15, -0.1) is 0 Å². The summed E-state index contributed by atoms with van der Waals surface area (Å²) in [7, 11) is 0. The number of phenols is 3. The molecule has 0 heterocycles. The fourth-order valence-electron chi connectivity index (χ4n) is 3.40. The van der Waals surface area contributed by atoms with Gasteiger partial charge in [-0.1, -0.05) is 148 Å². The highest BCUT2D eigenvalue weighted by Crippen LogP contribution is 2.22. The van der Waals surface area contributed by atoms with Crippen LogP contribution in [-0.2, 0) is 4.79 Å². The zero-order chi connectivity index (χ0) is 43.2. The molecular formula is C46H62O9. The van der Waals surface area contributed by atoms with Crippen LogP contribution in [0.2, 0.25) is 0 Å². The zero-order valence-electron chi connectivity index (χ0n) is 34.2. The van der Waals surface area contributed by atoms with Gasteiger partial charge in [0.2, 0.25) is 0 Å². The number of para-hydroxylation sites is 1. The fraction of sp³-hybridized carbons (Fsp3) is 0.239. The number of phenolic OH excluding ortho intramolecular Hbond substituents is 3. The quantitative estimate of drug-likeness (QED) is 0.0954. The highest BCUT2D eigenvalue weighted by atomic mass is 16.4. The van der Waals surface area contributed by atoms with E-state index in [0.717, 1.165) is 29.2 Å². The molecule has 0 radical (unpaired) electrons. The van der Waals surface area contributed by atoms with E-state index < -0.39 is 17.9 Å². The van der Waals surface area contributed by atoms with Crippen LogP contribution in [-0.4, -0.2) is 48.5 Å². The van der Waals surface area contributed by atoms with E-state index in [0.29, 0.717) is 5.75 Å². The van der Waals surface area contributed by atoms with Gasteiger partial charge in [0.25, 0.3) is 5.97 Å². The first-order valence-electron chi connectivity index (χ1n) is 18.3. The first kappa shape index (κ1) is 55.4. The third kappa shape index (κ3) is 28.9. The Balaban J connectivity index is -0.000000318. The molecule has 6 N–H and O–H groups in total. The van der Waals surface area contributed by atoms with Gasteiger partial charge in [-0.25, -0.2) is 9.59 Å².